The van der Waals surface area contributed by atoms with Crippen molar-refractivity contribution in [1.82, 2.24) is 0 Å². The Morgan fingerprint density at radius 3 is 1.42 bits per heavy atom. The molecule has 0 heterocycles. The van der Waals surface area contributed by atoms with E-state index >= 15 is 0 Å². The van der Waals surface area contributed by atoms with Gasteiger partial charge in [0.15, 0.2) is 0 Å². The van der Waals surface area contributed by atoms with E-state index in [1.54, 1.807) is 0 Å². The first-order valence-corrected chi connectivity index (χ1v) is 5.75. The monoisotopic (exact) mass is 208 g/mol. The number of alkyl halides is 2. The summed E-state index contributed by atoms with van der Waals surface area (Å²) in [6.45, 7) is 0. The lowest BCUT2D eigenvalue weighted by Gasteiger charge is -1.92. The Kier molecular flexibility index (Phi) is 11.6. The second-order valence-corrected chi connectivity index (χ2v) is 3.60. The van der Waals surface area contributed by atoms with Crippen LogP contribution in [0, 0.1) is 0 Å². The highest BCUT2D eigenvalue weighted by Gasteiger charge is 1.84. The van der Waals surface area contributed by atoms with Gasteiger partial charge in [-0.1, -0.05) is 12.2 Å². The second-order valence-electron chi connectivity index (χ2n) is 2.84. The van der Waals surface area contributed by atoms with Crippen LogP contribution in [0.1, 0.15) is 38.5 Å². The average Bonchev–Trinajstić information content (AvgIpc) is 2.10. The molecule has 0 aromatic carbocycles. The Bertz CT molecular complexity index is 88.0. The number of hydrogen-bond donors (Lipinski definition) is 0. The van der Waals surface area contributed by atoms with Crippen molar-refractivity contribution in [3.05, 3.63) is 12.2 Å². The number of hydrogen-bond acceptors (Lipinski definition) is 0. The van der Waals surface area contributed by atoms with Crippen LogP contribution in [-0.2, 0) is 0 Å². The highest BCUT2D eigenvalue weighted by Crippen LogP contribution is 2.02. The fraction of sp³-hybridized carbons (Fsp3) is 0.800. The molecule has 12 heavy (non-hydrogen) atoms. The third-order valence-corrected chi connectivity index (χ3v) is 2.21. The molecule has 0 aromatic rings. The molecule has 0 aliphatic heterocycles. The molecule has 0 amide bonds. The van der Waals surface area contributed by atoms with Crippen LogP contribution in [0.25, 0.3) is 0 Å². The van der Waals surface area contributed by atoms with Crippen molar-refractivity contribution in [2.24, 2.45) is 0 Å². The molecule has 0 N–H and O–H groups in total. The average molecular weight is 209 g/mol. The molecule has 0 unspecified atom stereocenters. The van der Waals surface area contributed by atoms with Crippen molar-refractivity contribution in [3.63, 3.8) is 0 Å². The Balaban J connectivity index is 2.93. The predicted molar refractivity (Wildman–Crippen MR) is 58.3 cm³/mol. The van der Waals surface area contributed by atoms with Crippen molar-refractivity contribution >= 4 is 23.2 Å². The summed E-state index contributed by atoms with van der Waals surface area (Å²) in [5, 5.41) is 0. The third kappa shape index (κ3) is 10.3. The lowest BCUT2D eigenvalue weighted by molar-refractivity contribution is 0.797. The Morgan fingerprint density at radius 1 is 0.667 bits per heavy atom. The van der Waals surface area contributed by atoms with Crippen molar-refractivity contribution in [2.75, 3.05) is 11.8 Å². The zero-order valence-electron chi connectivity index (χ0n) is 7.57. The van der Waals surface area contributed by atoms with Gasteiger partial charge in [0.1, 0.15) is 0 Å². The minimum Gasteiger partial charge on any atom is -0.127 e. The molecule has 0 saturated heterocycles. The second kappa shape index (κ2) is 11.3. The summed E-state index contributed by atoms with van der Waals surface area (Å²) < 4.78 is 0. The van der Waals surface area contributed by atoms with E-state index < -0.39 is 0 Å². The molecule has 0 rings (SSSR count). The van der Waals surface area contributed by atoms with Crippen molar-refractivity contribution in [2.45, 2.75) is 38.5 Å². The smallest absolute Gasteiger partial charge is 0.0223 e. The summed E-state index contributed by atoms with van der Waals surface area (Å²) in [4.78, 5) is 0. The molecular formula is C10H18Cl2. The van der Waals surface area contributed by atoms with Gasteiger partial charge in [0, 0.05) is 11.8 Å². The minimum absolute atomic E-state index is 0.792. The van der Waals surface area contributed by atoms with Gasteiger partial charge in [-0.2, -0.15) is 0 Å². The summed E-state index contributed by atoms with van der Waals surface area (Å²) in [7, 11) is 0. The lowest BCUT2D eigenvalue weighted by atomic mass is 10.2. The molecule has 0 bridgehead atoms. The molecule has 0 spiro atoms. The molecule has 0 aromatic heterocycles. The van der Waals surface area contributed by atoms with Gasteiger partial charge in [-0.15, -0.1) is 23.2 Å². The number of halogens is 2. The first-order valence-electron chi connectivity index (χ1n) is 4.68. The summed E-state index contributed by atoms with van der Waals surface area (Å²) in [5.74, 6) is 1.58. The summed E-state index contributed by atoms with van der Waals surface area (Å²) >= 11 is 11.1. The van der Waals surface area contributed by atoms with Gasteiger partial charge in [0.2, 0.25) is 0 Å². The molecule has 0 aliphatic carbocycles. The maximum absolute atomic E-state index is 5.54. The van der Waals surface area contributed by atoms with E-state index in [2.05, 4.69) is 12.2 Å². The first-order chi connectivity index (χ1) is 5.91. The van der Waals surface area contributed by atoms with E-state index in [0.29, 0.717) is 0 Å². The Hall–Kier alpha value is 0.320. The van der Waals surface area contributed by atoms with Crippen LogP contribution in [0.5, 0.6) is 0 Å². The van der Waals surface area contributed by atoms with E-state index in [1.807, 2.05) is 0 Å². The highest BCUT2D eigenvalue weighted by molar-refractivity contribution is 6.18. The molecule has 0 radical (unpaired) electrons. The zero-order valence-corrected chi connectivity index (χ0v) is 9.08. The largest absolute Gasteiger partial charge is 0.127 e. The van der Waals surface area contributed by atoms with Crippen LogP contribution in [0.15, 0.2) is 12.2 Å². The predicted octanol–water partition coefficient (Wildman–Crippen LogP) is 4.36. The van der Waals surface area contributed by atoms with Crippen LogP contribution in [-0.4, -0.2) is 11.8 Å². The minimum atomic E-state index is 0.792. The van der Waals surface area contributed by atoms with E-state index in [0.717, 1.165) is 24.6 Å². The van der Waals surface area contributed by atoms with E-state index in [4.69, 9.17) is 23.2 Å². The van der Waals surface area contributed by atoms with Gasteiger partial charge in [-0.3, -0.25) is 0 Å². The fourth-order valence-electron chi connectivity index (χ4n) is 0.949. The van der Waals surface area contributed by atoms with E-state index in [1.165, 1.54) is 25.7 Å². The Morgan fingerprint density at radius 2 is 1.08 bits per heavy atom. The van der Waals surface area contributed by atoms with Crippen LogP contribution >= 0.6 is 23.2 Å². The summed E-state index contributed by atoms with van der Waals surface area (Å²) in [6.07, 6.45) is 11.6. The third-order valence-electron chi connectivity index (χ3n) is 1.68. The molecule has 72 valence electrons. The van der Waals surface area contributed by atoms with E-state index in [9.17, 15) is 0 Å². The van der Waals surface area contributed by atoms with Gasteiger partial charge in [-0.25, -0.2) is 0 Å². The van der Waals surface area contributed by atoms with Crippen LogP contribution in [0.4, 0.5) is 0 Å². The van der Waals surface area contributed by atoms with Gasteiger partial charge < -0.3 is 0 Å². The number of rotatable bonds is 8. The van der Waals surface area contributed by atoms with Gasteiger partial charge >= 0.3 is 0 Å². The summed E-state index contributed by atoms with van der Waals surface area (Å²) in [6, 6.07) is 0. The quantitative estimate of drug-likeness (QED) is 0.316. The van der Waals surface area contributed by atoms with Crippen LogP contribution < -0.4 is 0 Å². The first kappa shape index (κ1) is 12.3. The SMILES string of the molecule is ClCCCC/C=C/CCCCCl. The highest BCUT2D eigenvalue weighted by atomic mass is 35.5. The van der Waals surface area contributed by atoms with Crippen molar-refractivity contribution in [3.8, 4) is 0 Å². The molecular weight excluding hydrogens is 191 g/mol. The fourth-order valence-corrected chi connectivity index (χ4v) is 1.33. The molecule has 0 atom stereocenters. The number of unbranched alkanes of at least 4 members (excludes halogenated alkanes) is 4. The lowest BCUT2D eigenvalue weighted by Crippen LogP contribution is -1.76. The maximum Gasteiger partial charge on any atom is 0.0223 e. The topological polar surface area (TPSA) is 0 Å². The maximum atomic E-state index is 5.54. The summed E-state index contributed by atoms with van der Waals surface area (Å²) in [5.41, 5.74) is 0. The van der Waals surface area contributed by atoms with Crippen molar-refractivity contribution < 1.29 is 0 Å². The van der Waals surface area contributed by atoms with Crippen LogP contribution in [0.3, 0.4) is 0 Å². The molecule has 0 saturated carbocycles. The molecule has 2 heteroatoms. The molecule has 0 nitrogen and oxygen atoms in total. The van der Waals surface area contributed by atoms with Crippen molar-refractivity contribution in [1.29, 1.82) is 0 Å². The standard InChI is InChI=1S/C10H18Cl2/c11-9-7-5-3-1-2-4-6-8-10-12/h1-2H,3-10H2/b2-1+. The zero-order chi connectivity index (χ0) is 9.07. The normalized spacial score (nSPS) is 11.2. The Labute approximate surface area is 85.9 Å². The van der Waals surface area contributed by atoms with Gasteiger partial charge in [-0.05, 0) is 38.5 Å². The van der Waals surface area contributed by atoms with E-state index in [-0.39, 0.29) is 0 Å². The van der Waals surface area contributed by atoms with Crippen LogP contribution in [0.2, 0.25) is 0 Å². The number of allylic oxidation sites excluding steroid dienone is 2. The van der Waals surface area contributed by atoms with Gasteiger partial charge in [0.25, 0.3) is 0 Å². The van der Waals surface area contributed by atoms with Gasteiger partial charge in [0.05, 0.1) is 0 Å². The molecule has 0 aliphatic rings. The molecule has 0 fully saturated rings.